The molecule has 0 aliphatic rings. The maximum atomic E-state index is 12.7. The first-order chi connectivity index (χ1) is 19.0. The van der Waals surface area contributed by atoms with E-state index < -0.39 is 0 Å². The van der Waals surface area contributed by atoms with Crippen LogP contribution in [0, 0.1) is 13.8 Å². The van der Waals surface area contributed by atoms with Crippen LogP contribution in [-0.4, -0.2) is 26.4 Å². The van der Waals surface area contributed by atoms with Crippen LogP contribution in [0.4, 0.5) is 0 Å². The summed E-state index contributed by atoms with van der Waals surface area (Å²) in [6.45, 7) is 8.17. The molecule has 7 heteroatoms. The van der Waals surface area contributed by atoms with E-state index in [9.17, 15) is 4.79 Å². The highest BCUT2D eigenvalue weighted by atomic mass is 32.2. The summed E-state index contributed by atoms with van der Waals surface area (Å²) in [5, 5.41) is 9.52. The third kappa shape index (κ3) is 6.27. The Labute approximate surface area is 232 Å². The number of carbonyl (C=O) groups excluding carboxylic acids is 1. The number of benzene rings is 4. The van der Waals surface area contributed by atoms with Crippen molar-refractivity contribution in [2.75, 3.05) is 5.75 Å². The summed E-state index contributed by atoms with van der Waals surface area (Å²) in [5.74, 6) is 0.690. The Balaban J connectivity index is 1.24. The first-order valence-corrected chi connectivity index (χ1v) is 13.6. The van der Waals surface area contributed by atoms with Gasteiger partial charge in [-0.2, -0.15) is 0 Å². The van der Waals surface area contributed by atoms with Crippen LogP contribution < -0.4 is 10.9 Å². The normalized spacial score (nSPS) is 10.7. The number of aromatic nitrogens is 3. The van der Waals surface area contributed by atoms with Gasteiger partial charge in [-0.25, -0.2) is 0 Å². The van der Waals surface area contributed by atoms with Crippen molar-refractivity contribution in [1.29, 1.82) is 0 Å². The van der Waals surface area contributed by atoms with Gasteiger partial charge in [0.05, 0.1) is 11.4 Å². The Morgan fingerprint density at radius 1 is 0.744 bits per heavy atom. The molecule has 5 rings (SSSR count). The molecule has 0 bridgehead atoms. The van der Waals surface area contributed by atoms with Crippen LogP contribution in [0.3, 0.4) is 0 Å². The molecule has 6 nitrogen and oxygen atoms in total. The molecule has 4 aromatic carbocycles. The molecule has 1 amide bonds. The van der Waals surface area contributed by atoms with E-state index in [1.165, 1.54) is 22.9 Å². The zero-order valence-electron chi connectivity index (χ0n) is 21.9. The number of rotatable bonds is 9. The van der Waals surface area contributed by atoms with Gasteiger partial charge in [-0.15, -0.1) is 10.2 Å². The maximum absolute atomic E-state index is 12.7. The minimum absolute atomic E-state index is 0.158. The molecule has 39 heavy (non-hydrogen) atoms. The van der Waals surface area contributed by atoms with E-state index in [1.807, 2.05) is 71.3 Å². The molecule has 0 fully saturated rings. The number of carbonyl (C=O) groups is 1. The Hall–Kier alpha value is -4.62. The molecule has 0 aliphatic heterocycles. The third-order valence-electron chi connectivity index (χ3n) is 6.26. The van der Waals surface area contributed by atoms with Crippen LogP contribution in [0.2, 0.25) is 0 Å². The molecule has 1 heterocycles. The van der Waals surface area contributed by atoms with E-state index in [2.05, 4.69) is 77.9 Å². The highest BCUT2D eigenvalue weighted by Crippen LogP contribution is 2.28. The standard InChI is InChI=1S/C32H29N5OS/c1-22-9-13-28(14-10-22)31-35-36-32(37(31)29-19-11-23(2)12-20-29)39-21-30(38)34-33-24(3)25-15-17-27(18-16-25)26-7-5-4-6-8-26/h4-20,33H,3,21H2,1-2H3,(H,34,38). The van der Waals surface area contributed by atoms with Crippen molar-refractivity contribution in [1.82, 2.24) is 25.6 Å². The fourth-order valence-corrected chi connectivity index (χ4v) is 4.81. The zero-order valence-corrected chi connectivity index (χ0v) is 22.7. The molecule has 2 N–H and O–H groups in total. The fourth-order valence-electron chi connectivity index (χ4n) is 4.06. The van der Waals surface area contributed by atoms with Gasteiger partial charge in [0.15, 0.2) is 11.0 Å². The topological polar surface area (TPSA) is 71.8 Å². The summed E-state index contributed by atoms with van der Waals surface area (Å²) < 4.78 is 1.99. The second-order valence-corrected chi connectivity index (χ2v) is 10.2. The summed E-state index contributed by atoms with van der Waals surface area (Å²) in [5.41, 5.74) is 13.7. The number of nitrogens with zero attached hydrogens (tertiary/aromatic N) is 3. The Bertz CT molecular complexity index is 1580. The molecule has 5 aromatic rings. The van der Waals surface area contributed by atoms with Gasteiger partial charge in [-0.05, 0) is 42.7 Å². The maximum Gasteiger partial charge on any atom is 0.248 e. The molecule has 0 saturated heterocycles. The smallest absolute Gasteiger partial charge is 0.248 e. The number of aryl methyl sites for hydroxylation is 2. The van der Waals surface area contributed by atoms with Crippen molar-refractivity contribution in [2.24, 2.45) is 0 Å². The quantitative estimate of drug-likeness (QED) is 0.166. The predicted molar refractivity (Wildman–Crippen MR) is 159 cm³/mol. The summed E-state index contributed by atoms with van der Waals surface area (Å²) >= 11 is 1.33. The molecular formula is C32H29N5OS. The van der Waals surface area contributed by atoms with Gasteiger partial charge in [0.2, 0.25) is 5.91 Å². The summed E-state index contributed by atoms with van der Waals surface area (Å²) in [6.07, 6.45) is 0. The van der Waals surface area contributed by atoms with Gasteiger partial charge in [-0.3, -0.25) is 20.2 Å². The van der Waals surface area contributed by atoms with Gasteiger partial charge >= 0.3 is 0 Å². The van der Waals surface area contributed by atoms with Crippen molar-refractivity contribution in [3.8, 4) is 28.2 Å². The van der Waals surface area contributed by atoms with Crippen molar-refractivity contribution in [3.63, 3.8) is 0 Å². The van der Waals surface area contributed by atoms with Gasteiger partial charge in [0.1, 0.15) is 0 Å². The van der Waals surface area contributed by atoms with Crippen LogP contribution >= 0.6 is 11.8 Å². The lowest BCUT2D eigenvalue weighted by Crippen LogP contribution is -2.37. The minimum Gasteiger partial charge on any atom is -0.299 e. The lowest BCUT2D eigenvalue weighted by Gasteiger charge is -2.13. The van der Waals surface area contributed by atoms with Crippen LogP contribution in [0.5, 0.6) is 0 Å². The summed E-state index contributed by atoms with van der Waals surface area (Å²) in [7, 11) is 0. The first-order valence-electron chi connectivity index (χ1n) is 12.6. The minimum atomic E-state index is -0.197. The number of hydrogen-bond acceptors (Lipinski definition) is 5. The van der Waals surface area contributed by atoms with E-state index in [4.69, 9.17) is 0 Å². The van der Waals surface area contributed by atoms with Gasteiger partial charge in [0.25, 0.3) is 0 Å². The lowest BCUT2D eigenvalue weighted by atomic mass is 10.0. The van der Waals surface area contributed by atoms with Crippen molar-refractivity contribution in [3.05, 3.63) is 126 Å². The average molecular weight is 532 g/mol. The number of hydrogen-bond donors (Lipinski definition) is 2. The molecule has 194 valence electrons. The Morgan fingerprint density at radius 2 is 1.33 bits per heavy atom. The molecule has 0 atom stereocenters. The molecular weight excluding hydrogens is 502 g/mol. The molecule has 1 aromatic heterocycles. The third-order valence-corrected chi connectivity index (χ3v) is 7.19. The molecule has 0 saturated carbocycles. The van der Waals surface area contributed by atoms with E-state index in [-0.39, 0.29) is 11.7 Å². The number of nitrogens with one attached hydrogen (secondary N) is 2. The second-order valence-electron chi connectivity index (χ2n) is 9.23. The average Bonchev–Trinajstić information content (AvgIpc) is 3.40. The number of hydrazine groups is 1. The second kappa shape index (κ2) is 11.8. The van der Waals surface area contributed by atoms with Crippen LogP contribution in [-0.2, 0) is 4.79 Å². The van der Waals surface area contributed by atoms with Crippen molar-refractivity contribution >= 4 is 23.4 Å². The monoisotopic (exact) mass is 531 g/mol. The molecule has 0 radical (unpaired) electrons. The SMILES string of the molecule is C=C(NNC(=O)CSc1nnc(-c2ccc(C)cc2)n1-c1ccc(C)cc1)c1ccc(-c2ccccc2)cc1. The van der Waals surface area contributed by atoms with Crippen LogP contribution in [0.25, 0.3) is 33.9 Å². The molecule has 0 aliphatic carbocycles. The summed E-state index contributed by atoms with van der Waals surface area (Å²) in [6, 6.07) is 34.6. The Morgan fingerprint density at radius 3 is 2.00 bits per heavy atom. The lowest BCUT2D eigenvalue weighted by molar-refractivity contribution is -0.119. The van der Waals surface area contributed by atoms with E-state index in [0.29, 0.717) is 10.9 Å². The number of amides is 1. The molecule has 0 spiro atoms. The van der Waals surface area contributed by atoms with Gasteiger partial charge in [0, 0.05) is 11.3 Å². The van der Waals surface area contributed by atoms with E-state index in [0.717, 1.165) is 33.8 Å². The summed E-state index contributed by atoms with van der Waals surface area (Å²) in [4.78, 5) is 12.7. The van der Waals surface area contributed by atoms with E-state index >= 15 is 0 Å². The van der Waals surface area contributed by atoms with E-state index in [1.54, 1.807) is 0 Å². The number of thioether (sulfide) groups is 1. The molecule has 0 unspecified atom stereocenters. The van der Waals surface area contributed by atoms with Gasteiger partial charge < -0.3 is 0 Å². The first kappa shape index (κ1) is 26.0. The predicted octanol–water partition coefficient (Wildman–Crippen LogP) is 6.60. The largest absolute Gasteiger partial charge is 0.299 e. The fraction of sp³-hybridized carbons (Fsp3) is 0.0938. The van der Waals surface area contributed by atoms with Crippen molar-refractivity contribution < 1.29 is 4.79 Å². The van der Waals surface area contributed by atoms with Crippen molar-refractivity contribution in [2.45, 2.75) is 19.0 Å². The Kier molecular flexibility index (Phi) is 7.89. The zero-order chi connectivity index (χ0) is 27.2. The van der Waals surface area contributed by atoms with Crippen LogP contribution in [0.1, 0.15) is 16.7 Å². The van der Waals surface area contributed by atoms with Gasteiger partial charge in [-0.1, -0.05) is 120 Å². The highest BCUT2D eigenvalue weighted by Gasteiger charge is 2.17. The van der Waals surface area contributed by atoms with Crippen LogP contribution in [0.15, 0.2) is 115 Å². The highest BCUT2D eigenvalue weighted by molar-refractivity contribution is 7.99.